The van der Waals surface area contributed by atoms with Gasteiger partial charge in [-0.3, -0.25) is 0 Å². The van der Waals surface area contributed by atoms with Crippen LogP contribution in [0.4, 0.5) is 5.69 Å². The van der Waals surface area contributed by atoms with Gasteiger partial charge in [-0.25, -0.2) is 0 Å². The van der Waals surface area contributed by atoms with Crippen molar-refractivity contribution < 1.29 is 4.74 Å². The van der Waals surface area contributed by atoms with E-state index < -0.39 is 0 Å². The van der Waals surface area contributed by atoms with Crippen molar-refractivity contribution in [1.29, 1.82) is 0 Å². The predicted octanol–water partition coefficient (Wildman–Crippen LogP) is 3.74. The van der Waals surface area contributed by atoms with E-state index in [1.54, 1.807) is 0 Å². The second-order valence-electron chi connectivity index (χ2n) is 4.35. The highest BCUT2D eigenvalue weighted by Crippen LogP contribution is 2.28. The summed E-state index contributed by atoms with van der Waals surface area (Å²) in [6.07, 6.45) is 2.73. The van der Waals surface area contributed by atoms with Crippen LogP contribution in [0, 0.1) is 6.92 Å². The molecule has 0 amide bonds. The second-order valence-corrected chi connectivity index (χ2v) is 5.21. The summed E-state index contributed by atoms with van der Waals surface area (Å²) in [4.78, 5) is 0. The number of ether oxygens (including phenoxy) is 1. The Bertz CT molecular complexity index is 361. The molecule has 0 atom stereocenters. The molecule has 0 radical (unpaired) electrons. The molecule has 1 fully saturated rings. The summed E-state index contributed by atoms with van der Waals surface area (Å²) in [7, 11) is 0. The Hall–Kier alpha value is -0.540. The maximum absolute atomic E-state index is 5.54. The molecule has 1 N–H and O–H groups in total. The lowest BCUT2D eigenvalue weighted by Crippen LogP contribution is -2.40. The lowest BCUT2D eigenvalue weighted by molar-refractivity contribution is 0.00299. The molecule has 88 valence electrons. The van der Waals surface area contributed by atoms with Gasteiger partial charge in [-0.1, -0.05) is 15.9 Å². The Balaban J connectivity index is 1.84. The Morgan fingerprint density at radius 3 is 2.81 bits per heavy atom. The average molecular weight is 284 g/mol. The van der Waals surface area contributed by atoms with E-state index in [1.807, 2.05) is 0 Å². The van der Waals surface area contributed by atoms with Gasteiger partial charge in [0.15, 0.2) is 0 Å². The maximum atomic E-state index is 5.54. The van der Waals surface area contributed by atoms with Gasteiger partial charge in [0.2, 0.25) is 0 Å². The highest BCUT2D eigenvalue weighted by Gasteiger charge is 2.29. The molecule has 1 aromatic rings. The zero-order valence-electron chi connectivity index (χ0n) is 9.79. The summed E-state index contributed by atoms with van der Waals surface area (Å²) >= 11 is 3.51. The molecule has 2 nitrogen and oxygen atoms in total. The number of benzene rings is 1. The maximum Gasteiger partial charge on any atom is 0.0614 e. The molecule has 3 heteroatoms. The molecule has 0 aliphatic heterocycles. The van der Waals surface area contributed by atoms with Gasteiger partial charge >= 0.3 is 0 Å². The van der Waals surface area contributed by atoms with Crippen molar-refractivity contribution in [2.75, 3.05) is 11.9 Å². The van der Waals surface area contributed by atoms with E-state index in [0.29, 0.717) is 12.1 Å². The van der Waals surface area contributed by atoms with Crippen LogP contribution in [0.1, 0.15) is 25.3 Å². The first-order chi connectivity index (χ1) is 7.69. The smallest absolute Gasteiger partial charge is 0.0614 e. The van der Waals surface area contributed by atoms with Crippen LogP contribution >= 0.6 is 15.9 Å². The number of aryl methyl sites for hydroxylation is 1. The van der Waals surface area contributed by atoms with Crippen molar-refractivity contribution in [2.24, 2.45) is 0 Å². The number of halogens is 1. The first-order valence-electron chi connectivity index (χ1n) is 5.83. The molecule has 1 saturated carbocycles. The predicted molar refractivity (Wildman–Crippen MR) is 70.9 cm³/mol. The minimum absolute atomic E-state index is 0.471. The van der Waals surface area contributed by atoms with E-state index in [2.05, 4.69) is 53.3 Å². The van der Waals surface area contributed by atoms with E-state index in [4.69, 9.17) is 4.74 Å². The summed E-state index contributed by atoms with van der Waals surface area (Å²) in [5.41, 5.74) is 2.48. The largest absolute Gasteiger partial charge is 0.382 e. The molecule has 0 spiro atoms. The summed E-state index contributed by atoms with van der Waals surface area (Å²) in [5.74, 6) is 0. The Morgan fingerprint density at radius 2 is 2.19 bits per heavy atom. The zero-order chi connectivity index (χ0) is 11.5. The van der Waals surface area contributed by atoms with Crippen molar-refractivity contribution in [1.82, 2.24) is 0 Å². The zero-order valence-corrected chi connectivity index (χ0v) is 11.4. The summed E-state index contributed by atoms with van der Waals surface area (Å²) < 4.78 is 6.71. The average Bonchev–Trinajstić information content (AvgIpc) is 2.20. The van der Waals surface area contributed by atoms with Crippen molar-refractivity contribution in [3.63, 3.8) is 0 Å². The third-order valence-corrected chi connectivity index (χ3v) is 3.92. The molecule has 1 aliphatic carbocycles. The normalized spacial score (nSPS) is 23.9. The van der Waals surface area contributed by atoms with Crippen molar-refractivity contribution >= 4 is 21.6 Å². The number of nitrogens with one attached hydrogen (secondary N) is 1. The Kier molecular flexibility index (Phi) is 3.87. The molecule has 16 heavy (non-hydrogen) atoms. The number of hydrogen-bond donors (Lipinski definition) is 1. The van der Waals surface area contributed by atoms with Gasteiger partial charge in [-0.15, -0.1) is 0 Å². The van der Waals surface area contributed by atoms with Gasteiger partial charge < -0.3 is 10.1 Å². The molecule has 0 saturated heterocycles. The molecular formula is C13H18BrNO. The summed E-state index contributed by atoms with van der Waals surface area (Å²) in [5, 5.41) is 3.53. The molecule has 2 rings (SSSR count). The first-order valence-corrected chi connectivity index (χ1v) is 6.62. The highest BCUT2D eigenvalue weighted by molar-refractivity contribution is 9.10. The van der Waals surface area contributed by atoms with Gasteiger partial charge in [0.1, 0.15) is 0 Å². The van der Waals surface area contributed by atoms with E-state index in [-0.39, 0.29) is 0 Å². The third-order valence-electron chi connectivity index (χ3n) is 3.03. The van der Waals surface area contributed by atoms with Crippen LogP contribution in [0.2, 0.25) is 0 Å². The van der Waals surface area contributed by atoms with Crippen LogP contribution < -0.4 is 5.32 Å². The van der Waals surface area contributed by atoms with Crippen LogP contribution in [0.3, 0.4) is 0 Å². The molecule has 1 aromatic carbocycles. The van der Waals surface area contributed by atoms with Crippen molar-refractivity contribution in [3.8, 4) is 0 Å². The molecule has 0 unspecified atom stereocenters. The molecular weight excluding hydrogens is 266 g/mol. The van der Waals surface area contributed by atoms with E-state index in [9.17, 15) is 0 Å². The fraction of sp³-hybridized carbons (Fsp3) is 0.538. The van der Waals surface area contributed by atoms with Crippen LogP contribution in [-0.2, 0) is 4.74 Å². The minimum Gasteiger partial charge on any atom is -0.382 e. The van der Waals surface area contributed by atoms with Crippen molar-refractivity contribution in [2.45, 2.75) is 38.8 Å². The second kappa shape index (κ2) is 5.19. The lowest BCUT2D eigenvalue weighted by Gasteiger charge is -2.36. The Labute approximate surface area is 106 Å². The number of rotatable bonds is 4. The van der Waals surface area contributed by atoms with Crippen LogP contribution in [0.15, 0.2) is 22.7 Å². The standard InChI is InChI=1S/C13H18BrNO/c1-3-16-12-7-11(8-12)15-10-4-5-13(14)9(2)6-10/h4-6,11-12,15H,3,7-8H2,1-2H3. The van der Waals surface area contributed by atoms with Gasteiger partial charge in [0.05, 0.1) is 6.10 Å². The fourth-order valence-corrected chi connectivity index (χ4v) is 2.27. The van der Waals surface area contributed by atoms with E-state index >= 15 is 0 Å². The lowest BCUT2D eigenvalue weighted by atomic mass is 9.89. The molecule has 0 aromatic heterocycles. The Morgan fingerprint density at radius 1 is 1.44 bits per heavy atom. The third kappa shape index (κ3) is 2.77. The van der Waals surface area contributed by atoms with Gasteiger partial charge in [-0.2, -0.15) is 0 Å². The topological polar surface area (TPSA) is 21.3 Å². The molecule has 0 bridgehead atoms. The molecule has 0 heterocycles. The van der Waals surface area contributed by atoms with E-state index in [0.717, 1.165) is 19.4 Å². The van der Waals surface area contributed by atoms with Gasteiger partial charge in [0.25, 0.3) is 0 Å². The first kappa shape index (κ1) is 11.9. The van der Waals surface area contributed by atoms with Crippen LogP contribution in [0.25, 0.3) is 0 Å². The van der Waals surface area contributed by atoms with Crippen LogP contribution in [-0.4, -0.2) is 18.8 Å². The monoisotopic (exact) mass is 283 g/mol. The minimum atomic E-state index is 0.471. The van der Waals surface area contributed by atoms with Gasteiger partial charge in [0, 0.05) is 22.8 Å². The van der Waals surface area contributed by atoms with Gasteiger partial charge in [-0.05, 0) is 50.5 Å². The van der Waals surface area contributed by atoms with E-state index in [1.165, 1.54) is 15.7 Å². The quantitative estimate of drug-likeness (QED) is 0.909. The summed E-state index contributed by atoms with van der Waals surface area (Å²) in [6, 6.07) is 6.97. The number of hydrogen-bond acceptors (Lipinski definition) is 2. The molecule has 1 aliphatic rings. The SMILES string of the molecule is CCOC1CC(Nc2ccc(Br)c(C)c2)C1. The van der Waals surface area contributed by atoms with Crippen LogP contribution in [0.5, 0.6) is 0 Å². The summed E-state index contributed by atoms with van der Waals surface area (Å²) in [6.45, 7) is 4.99. The van der Waals surface area contributed by atoms with Crippen molar-refractivity contribution in [3.05, 3.63) is 28.2 Å². The highest BCUT2D eigenvalue weighted by atomic mass is 79.9. The number of anilines is 1. The fourth-order valence-electron chi connectivity index (χ4n) is 2.03.